The summed E-state index contributed by atoms with van der Waals surface area (Å²) >= 11 is 0. The molecule has 2 rings (SSSR count). The number of amides is 1. The van der Waals surface area contributed by atoms with Gasteiger partial charge < -0.3 is 20.0 Å². The lowest BCUT2D eigenvalue weighted by molar-refractivity contribution is -0.305. The van der Waals surface area contributed by atoms with Crippen LogP contribution < -0.4 is 15.2 Å². The van der Waals surface area contributed by atoms with Gasteiger partial charge in [-0.15, -0.1) is 0 Å². The van der Waals surface area contributed by atoms with Crippen molar-refractivity contribution in [2.75, 3.05) is 5.32 Å². The first-order valence-corrected chi connectivity index (χ1v) is 7.29. The molecule has 5 heteroatoms. The molecule has 0 aliphatic rings. The molecular weight excluding hydrogens is 294 g/mol. The quantitative estimate of drug-likeness (QED) is 0.889. The summed E-state index contributed by atoms with van der Waals surface area (Å²) in [4.78, 5) is 21.8. The highest BCUT2D eigenvalue weighted by Crippen LogP contribution is 2.24. The second-order valence-corrected chi connectivity index (χ2v) is 5.29. The molecule has 0 saturated heterocycles. The lowest BCUT2D eigenvalue weighted by atomic mass is 10.1. The standard InChI is InChI=1S/C18H19NO4/c1-12-3-6-16(11-13(12)2)23-15-7-4-14(5-8-15)19-17(20)9-10-18(21)22/h3-8,11H,9-10H2,1-2H3,(H,19,20)(H,21,22)/p-1. The van der Waals surface area contributed by atoms with Crippen LogP contribution in [0.4, 0.5) is 5.69 Å². The van der Waals surface area contributed by atoms with Gasteiger partial charge in [0.15, 0.2) is 0 Å². The minimum Gasteiger partial charge on any atom is -0.550 e. The van der Waals surface area contributed by atoms with Crippen LogP contribution in [0.25, 0.3) is 0 Å². The van der Waals surface area contributed by atoms with E-state index in [-0.39, 0.29) is 18.7 Å². The maximum atomic E-state index is 11.5. The van der Waals surface area contributed by atoms with Gasteiger partial charge in [-0.05, 0) is 67.8 Å². The van der Waals surface area contributed by atoms with Crippen LogP contribution in [0.5, 0.6) is 11.5 Å². The number of benzene rings is 2. The van der Waals surface area contributed by atoms with E-state index in [4.69, 9.17) is 4.74 Å². The molecule has 0 radical (unpaired) electrons. The Morgan fingerprint density at radius 3 is 2.22 bits per heavy atom. The topological polar surface area (TPSA) is 78.5 Å². The smallest absolute Gasteiger partial charge is 0.224 e. The summed E-state index contributed by atoms with van der Waals surface area (Å²) in [6, 6.07) is 12.7. The molecule has 0 atom stereocenters. The highest BCUT2D eigenvalue weighted by Gasteiger charge is 2.04. The molecule has 1 N–H and O–H groups in total. The molecule has 5 nitrogen and oxygen atoms in total. The number of anilines is 1. The van der Waals surface area contributed by atoms with Crippen LogP contribution in [0, 0.1) is 13.8 Å². The van der Waals surface area contributed by atoms with Crippen molar-refractivity contribution in [2.45, 2.75) is 26.7 Å². The minimum absolute atomic E-state index is 0.108. The number of carboxylic acids is 1. The molecule has 0 spiro atoms. The molecule has 0 fully saturated rings. The van der Waals surface area contributed by atoms with E-state index in [2.05, 4.69) is 5.32 Å². The van der Waals surface area contributed by atoms with E-state index in [1.807, 2.05) is 32.0 Å². The minimum atomic E-state index is -1.24. The van der Waals surface area contributed by atoms with E-state index in [0.717, 1.165) is 11.3 Å². The average molecular weight is 312 g/mol. The Labute approximate surface area is 134 Å². The number of aliphatic carboxylic acids is 1. The molecule has 2 aromatic rings. The zero-order valence-electron chi connectivity index (χ0n) is 13.1. The molecule has 0 unspecified atom stereocenters. The second-order valence-electron chi connectivity index (χ2n) is 5.29. The normalized spacial score (nSPS) is 10.2. The number of hydrogen-bond donors (Lipinski definition) is 1. The van der Waals surface area contributed by atoms with Crippen LogP contribution in [0.1, 0.15) is 24.0 Å². The number of ether oxygens (including phenoxy) is 1. The van der Waals surface area contributed by atoms with Crippen molar-refractivity contribution in [1.82, 2.24) is 0 Å². The van der Waals surface area contributed by atoms with Gasteiger partial charge in [0.05, 0.1) is 0 Å². The van der Waals surface area contributed by atoms with E-state index >= 15 is 0 Å². The third kappa shape index (κ3) is 5.14. The fraction of sp³-hybridized carbons (Fsp3) is 0.222. The molecule has 1 amide bonds. The van der Waals surface area contributed by atoms with Crippen LogP contribution in [0.15, 0.2) is 42.5 Å². The molecule has 0 saturated carbocycles. The predicted molar refractivity (Wildman–Crippen MR) is 85.3 cm³/mol. The molecule has 2 aromatic carbocycles. The molecule has 0 heterocycles. The lowest BCUT2D eigenvalue weighted by Gasteiger charge is -2.09. The van der Waals surface area contributed by atoms with Gasteiger partial charge in [0.25, 0.3) is 0 Å². The third-order valence-corrected chi connectivity index (χ3v) is 3.41. The number of aryl methyl sites for hydroxylation is 2. The summed E-state index contributed by atoms with van der Waals surface area (Å²) in [6.07, 6.45) is -0.400. The van der Waals surface area contributed by atoms with E-state index in [1.54, 1.807) is 24.3 Å². The van der Waals surface area contributed by atoms with Gasteiger partial charge in [-0.25, -0.2) is 0 Å². The summed E-state index contributed by atoms with van der Waals surface area (Å²) in [5, 5.41) is 12.9. The number of carbonyl (C=O) groups is 2. The highest BCUT2D eigenvalue weighted by atomic mass is 16.5. The van der Waals surface area contributed by atoms with Gasteiger partial charge in [0.2, 0.25) is 5.91 Å². The van der Waals surface area contributed by atoms with Crippen LogP contribution in [0.3, 0.4) is 0 Å². The van der Waals surface area contributed by atoms with Gasteiger partial charge in [-0.1, -0.05) is 6.07 Å². The van der Waals surface area contributed by atoms with Gasteiger partial charge in [-0.2, -0.15) is 0 Å². The highest BCUT2D eigenvalue weighted by molar-refractivity contribution is 5.92. The van der Waals surface area contributed by atoms with Crippen molar-refractivity contribution >= 4 is 17.6 Å². The van der Waals surface area contributed by atoms with E-state index in [0.29, 0.717) is 11.4 Å². The third-order valence-electron chi connectivity index (χ3n) is 3.41. The summed E-state index contributed by atoms with van der Waals surface area (Å²) in [5.74, 6) is -0.200. The average Bonchev–Trinajstić information content (AvgIpc) is 2.51. The van der Waals surface area contributed by atoms with Gasteiger partial charge in [-0.3, -0.25) is 4.79 Å². The van der Waals surface area contributed by atoms with Crippen molar-refractivity contribution in [3.8, 4) is 11.5 Å². The lowest BCUT2D eigenvalue weighted by Crippen LogP contribution is -2.24. The maximum absolute atomic E-state index is 11.5. The van der Waals surface area contributed by atoms with E-state index in [1.165, 1.54) is 5.56 Å². The molecule has 23 heavy (non-hydrogen) atoms. The number of carboxylic acid groups (broad SMARTS) is 1. The van der Waals surface area contributed by atoms with Gasteiger partial charge in [0.1, 0.15) is 11.5 Å². The second kappa shape index (κ2) is 7.45. The summed E-state index contributed by atoms with van der Waals surface area (Å²) < 4.78 is 5.75. The Kier molecular flexibility index (Phi) is 5.36. The van der Waals surface area contributed by atoms with Crippen molar-refractivity contribution in [3.63, 3.8) is 0 Å². The zero-order valence-corrected chi connectivity index (χ0v) is 13.1. The molecule has 120 valence electrons. The number of hydrogen-bond acceptors (Lipinski definition) is 4. The summed E-state index contributed by atoms with van der Waals surface area (Å²) in [6.45, 7) is 4.06. The van der Waals surface area contributed by atoms with Crippen molar-refractivity contribution in [1.29, 1.82) is 0 Å². The molecule has 0 aliphatic heterocycles. The van der Waals surface area contributed by atoms with Crippen molar-refractivity contribution in [2.24, 2.45) is 0 Å². The predicted octanol–water partition coefficient (Wildman–Crippen LogP) is 2.56. The largest absolute Gasteiger partial charge is 0.550 e. The summed E-state index contributed by atoms with van der Waals surface area (Å²) in [5.41, 5.74) is 2.94. The SMILES string of the molecule is Cc1ccc(Oc2ccc(NC(=O)CCC(=O)[O-])cc2)cc1C. The van der Waals surface area contributed by atoms with Crippen LogP contribution in [0.2, 0.25) is 0 Å². The molecular formula is C18H18NO4-. The Balaban J connectivity index is 1.95. The zero-order chi connectivity index (χ0) is 16.8. The first-order valence-electron chi connectivity index (χ1n) is 7.29. The van der Waals surface area contributed by atoms with Gasteiger partial charge >= 0.3 is 0 Å². The van der Waals surface area contributed by atoms with E-state index < -0.39 is 5.97 Å². The van der Waals surface area contributed by atoms with Crippen LogP contribution >= 0.6 is 0 Å². The Bertz CT molecular complexity index is 707. The molecule has 0 aliphatic carbocycles. The maximum Gasteiger partial charge on any atom is 0.224 e. The Morgan fingerprint density at radius 1 is 0.957 bits per heavy atom. The van der Waals surface area contributed by atoms with Crippen molar-refractivity contribution < 1.29 is 19.4 Å². The summed E-state index contributed by atoms with van der Waals surface area (Å²) in [7, 11) is 0. The van der Waals surface area contributed by atoms with E-state index in [9.17, 15) is 14.7 Å². The Morgan fingerprint density at radius 2 is 1.61 bits per heavy atom. The monoisotopic (exact) mass is 312 g/mol. The molecule has 0 aromatic heterocycles. The van der Waals surface area contributed by atoms with Crippen LogP contribution in [-0.4, -0.2) is 11.9 Å². The first kappa shape index (κ1) is 16.5. The number of nitrogens with one attached hydrogen (secondary N) is 1. The first-order chi connectivity index (χ1) is 10.9. The fourth-order valence-electron chi connectivity index (χ4n) is 1.96. The Hall–Kier alpha value is -2.82. The number of rotatable bonds is 6. The van der Waals surface area contributed by atoms with Crippen LogP contribution in [-0.2, 0) is 9.59 Å². The fourth-order valence-corrected chi connectivity index (χ4v) is 1.96. The van der Waals surface area contributed by atoms with Gasteiger partial charge in [0, 0.05) is 18.1 Å². The molecule has 0 bridgehead atoms. The van der Waals surface area contributed by atoms with Crippen molar-refractivity contribution in [3.05, 3.63) is 53.6 Å². The number of carbonyl (C=O) groups excluding carboxylic acids is 2.